The van der Waals surface area contributed by atoms with E-state index in [1.54, 1.807) is 18.4 Å². The molecule has 2 fully saturated rings. The molecule has 1 aromatic heterocycles. The lowest BCUT2D eigenvalue weighted by atomic mass is 10.0. The summed E-state index contributed by atoms with van der Waals surface area (Å²) in [5.41, 5.74) is 0. The van der Waals surface area contributed by atoms with Crippen LogP contribution in [0, 0.1) is 5.92 Å². The predicted molar refractivity (Wildman–Crippen MR) is 112 cm³/mol. The molecule has 28 heavy (non-hydrogen) atoms. The molecule has 0 aromatic carbocycles. The van der Waals surface area contributed by atoms with Gasteiger partial charge in [-0.25, -0.2) is 0 Å². The molecule has 0 saturated carbocycles. The average molecular weight is 390 g/mol. The lowest BCUT2D eigenvalue weighted by Crippen LogP contribution is -2.53. The molecule has 2 saturated heterocycles. The molecule has 7 heteroatoms. The van der Waals surface area contributed by atoms with Gasteiger partial charge in [-0.1, -0.05) is 6.92 Å². The summed E-state index contributed by atoms with van der Waals surface area (Å²) in [7, 11) is 1.83. The van der Waals surface area contributed by atoms with Crippen LogP contribution in [0.3, 0.4) is 0 Å². The Morgan fingerprint density at radius 2 is 2.00 bits per heavy atom. The highest BCUT2D eigenvalue weighted by molar-refractivity contribution is 5.91. The summed E-state index contributed by atoms with van der Waals surface area (Å²) in [6.07, 6.45) is 6.65. The van der Waals surface area contributed by atoms with Gasteiger partial charge >= 0.3 is 0 Å². The van der Waals surface area contributed by atoms with Crippen molar-refractivity contribution in [3.05, 3.63) is 24.2 Å². The second-order valence-corrected chi connectivity index (χ2v) is 7.99. The van der Waals surface area contributed by atoms with E-state index < -0.39 is 0 Å². The molecule has 1 N–H and O–H groups in total. The lowest BCUT2D eigenvalue weighted by Gasteiger charge is -2.36. The number of piperidine rings is 1. The van der Waals surface area contributed by atoms with Crippen LogP contribution in [0.1, 0.15) is 43.2 Å². The van der Waals surface area contributed by atoms with E-state index in [1.165, 1.54) is 38.9 Å². The summed E-state index contributed by atoms with van der Waals surface area (Å²) in [5, 5.41) is 3.49. The van der Waals surface area contributed by atoms with Crippen LogP contribution in [0.25, 0.3) is 0 Å². The van der Waals surface area contributed by atoms with Crippen molar-refractivity contribution in [2.75, 3.05) is 59.4 Å². The molecule has 1 aromatic rings. The van der Waals surface area contributed by atoms with E-state index >= 15 is 0 Å². The van der Waals surface area contributed by atoms with Crippen LogP contribution in [-0.4, -0.2) is 86.0 Å². The number of rotatable bonds is 6. The molecule has 1 amide bonds. The largest absolute Gasteiger partial charge is 0.459 e. The number of nitrogens with one attached hydrogen (secondary N) is 1. The van der Waals surface area contributed by atoms with Crippen molar-refractivity contribution in [1.82, 2.24) is 20.0 Å². The van der Waals surface area contributed by atoms with Crippen LogP contribution >= 0.6 is 0 Å². The number of guanidine groups is 1. The SMILES string of the molecule is CN=C(NCCCCN1CCCC(C)C1)N1CCN(C(=O)c2ccco2)CC1. The number of furan rings is 1. The van der Waals surface area contributed by atoms with Crippen LogP contribution < -0.4 is 5.32 Å². The number of nitrogens with zero attached hydrogens (tertiary/aromatic N) is 4. The first-order valence-corrected chi connectivity index (χ1v) is 10.7. The summed E-state index contributed by atoms with van der Waals surface area (Å²) in [6, 6.07) is 3.47. The van der Waals surface area contributed by atoms with Crippen LogP contribution in [0.5, 0.6) is 0 Å². The molecule has 1 atom stereocenters. The average Bonchev–Trinajstić information content (AvgIpc) is 3.25. The van der Waals surface area contributed by atoms with Crippen molar-refractivity contribution in [2.45, 2.75) is 32.6 Å². The Bertz CT molecular complexity index is 623. The van der Waals surface area contributed by atoms with E-state index in [1.807, 2.05) is 11.9 Å². The van der Waals surface area contributed by atoms with Crippen LogP contribution in [-0.2, 0) is 0 Å². The maximum Gasteiger partial charge on any atom is 0.289 e. The maximum absolute atomic E-state index is 12.4. The highest BCUT2D eigenvalue weighted by atomic mass is 16.3. The summed E-state index contributed by atoms with van der Waals surface area (Å²) >= 11 is 0. The first-order valence-electron chi connectivity index (χ1n) is 10.7. The maximum atomic E-state index is 12.4. The normalized spacial score (nSPS) is 21.8. The first-order chi connectivity index (χ1) is 13.7. The van der Waals surface area contributed by atoms with E-state index in [-0.39, 0.29) is 5.91 Å². The second-order valence-electron chi connectivity index (χ2n) is 7.99. The zero-order valence-corrected chi connectivity index (χ0v) is 17.4. The Balaban J connectivity index is 1.33. The van der Waals surface area contributed by atoms with Crippen molar-refractivity contribution in [3.8, 4) is 0 Å². The van der Waals surface area contributed by atoms with Gasteiger partial charge in [0, 0.05) is 46.3 Å². The third-order valence-corrected chi connectivity index (χ3v) is 5.74. The number of carbonyl (C=O) groups is 1. The number of hydrogen-bond donors (Lipinski definition) is 1. The number of amides is 1. The molecule has 2 aliphatic rings. The summed E-state index contributed by atoms with van der Waals surface area (Å²) in [6.45, 7) is 9.99. The smallest absolute Gasteiger partial charge is 0.289 e. The van der Waals surface area contributed by atoms with Crippen LogP contribution in [0.2, 0.25) is 0 Å². The monoisotopic (exact) mass is 389 g/mol. The zero-order chi connectivity index (χ0) is 19.8. The topological polar surface area (TPSA) is 64.3 Å². The number of unbranched alkanes of at least 4 members (excludes halogenated alkanes) is 1. The lowest BCUT2D eigenvalue weighted by molar-refractivity contribution is 0.0657. The van der Waals surface area contributed by atoms with Gasteiger partial charge < -0.3 is 24.4 Å². The standard InChI is InChI=1S/C21H35N5O2/c1-18-7-5-11-24(17-18)10-4-3-9-23-21(22-2)26-14-12-25(13-15-26)20(27)19-8-6-16-28-19/h6,8,16,18H,3-5,7,9-15,17H2,1-2H3,(H,22,23). The molecule has 2 aliphatic heterocycles. The fraction of sp³-hybridized carbons (Fsp3) is 0.714. The molecular weight excluding hydrogens is 354 g/mol. The van der Waals surface area contributed by atoms with Crippen molar-refractivity contribution < 1.29 is 9.21 Å². The second kappa shape index (κ2) is 10.5. The Morgan fingerprint density at radius 3 is 2.68 bits per heavy atom. The van der Waals surface area contributed by atoms with Gasteiger partial charge in [0.05, 0.1) is 6.26 Å². The van der Waals surface area contributed by atoms with Crippen molar-refractivity contribution in [3.63, 3.8) is 0 Å². The number of aliphatic imine (C=N–C) groups is 1. The van der Waals surface area contributed by atoms with E-state index in [4.69, 9.17) is 4.42 Å². The number of carbonyl (C=O) groups excluding carboxylic acids is 1. The van der Waals surface area contributed by atoms with E-state index in [2.05, 4.69) is 27.0 Å². The van der Waals surface area contributed by atoms with Gasteiger partial charge in [-0.2, -0.15) is 0 Å². The van der Waals surface area contributed by atoms with Gasteiger partial charge in [-0.3, -0.25) is 9.79 Å². The highest BCUT2D eigenvalue weighted by Crippen LogP contribution is 2.15. The zero-order valence-electron chi connectivity index (χ0n) is 17.4. The van der Waals surface area contributed by atoms with Crippen molar-refractivity contribution in [1.29, 1.82) is 0 Å². The third-order valence-electron chi connectivity index (χ3n) is 5.74. The number of piperazine rings is 1. The van der Waals surface area contributed by atoms with Gasteiger partial charge in [-0.05, 0) is 56.8 Å². The minimum Gasteiger partial charge on any atom is -0.459 e. The quantitative estimate of drug-likeness (QED) is 0.459. The summed E-state index contributed by atoms with van der Waals surface area (Å²) in [5.74, 6) is 2.18. The molecular formula is C21H35N5O2. The van der Waals surface area contributed by atoms with Gasteiger partial charge in [-0.15, -0.1) is 0 Å². The van der Waals surface area contributed by atoms with Gasteiger partial charge in [0.25, 0.3) is 5.91 Å². The molecule has 0 bridgehead atoms. The Hall–Kier alpha value is -2.02. The molecule has 0 aliphatic carbocycles. The molecule has 0 radical (unpaired) electrons. The molecule has 1 unspecified atom stereocenters. The highest BCUT2D eigenvalue weighted by Gasteiger charge is 2.25. The van der Waals surface area contributed by atoms with Gasteiger partial charge in [0.15, 0.2) is 11.7 Å². The fourth-order valence-corrected chi connectivity index (χ4v) is 4.16. The van der Waals surface area contributed by atoms with Gasteiger partial charge in [0.2, 0.25) is 0 Å². The van der Waals surface area contributed by atoms with E-state index in [0.717, 1.165) is 37.9 Å². The molecule has 3 rings (SSSR count). The first kappa shape index (κ1) is 20.7. The molecule has 3 heterocycles. The number of hydrogen-bond acceptors (Lipinski definition) is 4. The van der Waals surface area contributed by atoms with Gasteiger partial charge in [0.1, 0.15) is 0 Å². The molecule has 0 spiro atoms. The predicted octanol–water partition coefficient (Wildman–Crippen LogP) is 2.12. The minimum absolute atomic E-state index is 0.0281. The molecule has 7 nitrogen and oxygen atoms in total. The fourth-order valence-electron chi connectivity index (χ4n) is 4.16. The Morgan fingerprint density at radius 1 is 1.21 bits per heavy atom. The van der Waals surface area contributed by atoms with Crippen molar-refractivity contribution in [2.24, 2.45) is 10.9 Å². The van der Waals surface area contributed by atoms with E-state index in [9.17, 15) is 4.79 Å². The molecule has 156 valence electrons. The van der Waals surface area contributed by atoms with Crippen molar-refractivity contribution >= 4 is 11.9 Å². The Kier molecular flexibility index (Phi) is 7.77. The van der Waals surface area contributed by atoms with Crippen LogP contribution in [0.15, 0.2) is 27.8 Å². The summed E-state index contributed by atoms with van der Waals surface area (Å²) < 4.78 is 5.23. The van der Waals surface area contributed by atoms with E-state index in [0.29, 0.717) is 18.8 Å². The minimum atomic E-state index is -0.0281. The van der Waals surface area contributed by atoms with Crippen LogP contribution in [0.4, 0.5) is 0 Å². The third kappa shape index (κ3) is 5.74. The number of likely N-dealkylation sites (tertiary alicyclic amines) is 1. The summed E-state index contributed by atoms with van der Waals surface area (Å²) in [4.78, 5) is 23.5. The Labute approximate surface area is 168 Å².